The van der Waals surface area contributed by atoms with Crippen LogP contribution in [0.2, 0.25) is 0 Å². The van der Waals surface area contributed by atoms with E-state index in [1.807, 2.05) is 0 Å². The van der Waals surface area contributed by atoms with Gasteiger partial charge in [-0.15, -0.1) is 0 Å². The zero-order valence-electron chi connectivity index (χ0n) is 17.9. The number of esters is 3. The lowest BCUT2D eigenvalue weighted by Gasteiger charge is -2.32. The van der Waals surface area contributed by atoms with Crippen LogP contribution in [0.3, 0.4) is 0 Å². The first-order chi connectivity index (χ1) is 13.9. The Balaban J connectivity index is 2.07. The standard InChI is InChI=1S/C22H28O8/c1-7-11(2)19(24)29-16-9-21(6)10-17(27-14(5)23)22(26,30-21)12(3)8-15-18(16)13(4)20(25)28-15/h7-8,15-18,26H,4,9-10H2,1-3,5-6H3/b11-7+,12-8-/t15-,16-,17+,18+,21+,22-/m1/s1. The van der Waals surface area contributed by atoms with Gasteiger partial charge in [-0.25, -0.2) is 9.59 Å². The Morgan fingerprint density at radius 3 is 2.57 bits per heavy atom. The van der Waals surface area contributed by atoms with Gasteiger partial charge in [0.25, 0.3) is 0 Å². The Morgan fingerprint density at radius 2 is 1.97 bits per heavy atom. The number of hydrogen-bond donors (Lipinski definition) is 1. The van der Waals surface area contributed by atoms with Crippen molar-refractivity contribution in [1.82, 2.24) is 0 Å². The number of ether oxygens (including phenoxy) is 4. The highest BCUT2D eigenvalue weighted by molar-refractivity contribution is 5.92. The summed E-state index contributed by atoms with van der Waals surface area (Å²) in [6.07, 6.45) is 0.954. The lowest BCUT2D eigenvalue weighted by atomic mass is 9.81. The third-order valence-corrected chi connectivity index (χ3v) is 6.05. The van der Waals surface area contributed by atoms with Gasteiger partial charge >= 0.3 is 17.9 Å². The first-order valence-corrected chi connectivity index (χ1v) is 9.92. The summed E-state index contributed by atoms with van der Waals surface area (Å²) in [6.45, 7) is 11.8. The average molecular weight is 420 g/mol. The molecule has 0 aliphatic carbocycles. The number of carbonyl (C=O) groups is 3. The van der Waals surface area contributed by atoms with E-state index >= 15 is 0 Å². The molecule has 164 valence electrons. The summed E-state index contributed by atoms with van der Waals surface area (Å²) < 4.78 is 22.6. The highest BCUT2D eigenvalue weighted by Gasteiger charge is 2.60. The first-order valence-electron chi connectivity index (χ1n) is 9.92. The van der Waals surface area contributed by atoms with E-state index in [0.717, 1.165) is 0 Å². The number of aliphatic hydroxyl groups is 1. The van der Waals surface area contributed by atoms with E-state index in [4.69, 9.17) is 18.9 Å². The van der Waals surface area contributed by atoms with Gasteiger partial charge in [-0.2, -0.15) is 0 Å². The highest BCUT2D eigenvalue weighted by Crippen LogP contribution is 2.49. The molecular formula is C22H28O8. The van der Waals surface area contributed by atoms with Crippen LogP contribution in [0.5, 0.6) is 0 Å². The highest BCUT2D eigenvalue weighted by atomic mass is 16.7. The van der Waals surface area contributed by atoms with Crippen molar-refractivity contribution in [2.75, 3.05) is 0 Å². The van der Waals surface area contributed by atoms with Crippen LogP contribution in [-0.2, 0) is 33.3 Å². The fourth-order valence-corrected chi connectivity index (χ4v) is 4.36. The van der Waals surface area contributed by atoms with E-state index in [2.05, 4.69) is 6.58 Å². The minimum Gasteiger partial charge on any atom is -0.458 e. The van der Waals surface area contributed by atoms with Crippen LogP contribution >= 0.6 is 0 Å². The third kappa shape index (κ3) is 3.81. The molecule has 8 heteroatoms. The molecule has 2 fully saturated rings. The summed E-state index contributed by atoms with van der Waals surface area (Å²) in [6, 6.07) is 0. The number of fused-ring (bicyclic) bond motifs is 3. The van der Waals surface area contributed by atoms with Crippen LogP contribution in [0.15, 0.2) is 35.5 Å². The molecule has 0 aromatic carbocycles. The zero-order chi connectivity index (χ0) is 22.4. The van der Waals surface area contributed by atoms with Gasteiger partial charge < -0.3 is 24.1 Å². The normalized spacial score (nSPS) is 40.3. The lowest BCUT2D eigenvalue weighted by Crippen LogP contribution is -2.43. The molecule has 0 unspecified atom stereocenters. The zero-order valence-corrected chi connectivity index (χ0v) is 17.9. The second-order valence-corrected chi connectivity index (χ2v) is 8.44. The fraction of sp³-hybridized carbons (Fsp3) is 0.591. The molecular weight excluding hydrogens is 392 g/mol. The maximum Gasteiger partial charge on any atom is 0.334 e. The molecule has 2 bridgehead atoms. The molecule has 30 heavy (non-hydrogen) atoms. The molecule has 1 N–H and O–H groups in total. The topological polar surface area (TPSA) is 108 Å². The minimum absolute atomic E-state index is 0.147. The third-order valence-electron chi connectivity index (χ3n) is 6.05. The second-order valence-electron chi connectivity index (χ2n) is 8.44. The molecule has 3 heterocycles. The van der Waals surface area contributed by atoms with Crippen LogP contribution in [0.25, 0.3) is 0 Å². The summed E-state index contributed by atoms with van der Waals surface area (Å²) in [5.74, 6) is -4.18. The van der Waals surface area contributed by atoms with Crippen molar-refractivity contribution in [1.29, 1.82) is 0 Å². The Kier molecular flexibility index (Phi) is 5.68. The fourth-order valence-electron chi connectivity index (χ4n) is 4.36. The van der Waals surface area contributed by atoms with Crippen molar-refractivity contribution in [3.05, 3.63) is 35.5 Å². The van der Waals surface area contributed by atoms with Gasteiger partial charge in [0, 0.05) is 30.9 Å². The Hall–Kier alpha value is -2.45. The van der Waals surface area contributed by atoms with E-state index < -0.39 is 53.5 Å². The van der Waals surface area contributed by atoms with Gasteiger partial charge in [0.15, 0.2) is 6.10 Å². The van der Waals surface area contributed by atoms with E-state index in [1.54, 1.807) is 39.8 Å². The Morgan fingerprint density at radius 1 is 1.30 bits per heavy atom. The predicted octanol–water partition coefficient (Wildman–Crippen LogP) is 2.11. The van der Waals surface area contributed by atoms with Crippen molar-refractivity contribution in [2.24, 2.45) is 5.92 Å². The summed E-state index contributed by atoms with van der Waals surface area (Å²) in [5.41, 5.74) is -0.0447. The molecule has 0 aromatic heterocycles. The average Bonchev–Trinajstić information content (AvgIpc) is 3.06. The summed E-state index contributed by atoms with van der Waals surface area (Å²) in [4.78, 5) is 36.4. The first kappa shape index (κ1) is 22.2. The smallest absolute Gasteiger partial charge is 0.334 e. The number of rotatable bonds is 3. The van der Waals surface area contributed by atoms with Crippen LogP contribution in [0.4, 0.5) is 0 Å². The molecule has 0 radical (unpaired) electrons. The van der Waals surface area contributed by atoms with Gasteiger partial charge in [-0.3, -0.25) is 4.79 Å². The molecule has 3 aliphatic heterocycles. The summed E-state index contributed by atoms with van der Waals surface area (Å²) in [7, 11) is 0. The monoisotopic (exact) mass is 420 g/mol. The largest absolute Gasteiger partial charge is 0.458 e. The molecule has 3 aliphatic rings. The van der Waals surface area contributed by atoms with Crippen molar-refractivity contribution in [3.63, 3.8) is 0 Å². The van der Waals surface area contributed by atoms with Gasteiger partial charge in [-0.1, -0.05) is 12.7 Å². The molecule has 0 aromatic rings. The molecule has 2 saturated heterocycles. The number of carbonyl (C=O) groups excluding carboxylic acids is 3. The molecule has 8 nitrogen and oxygen atoms in total. The van der Waals surface area contributed by atoms with Crippen molar-refractivity contribution in [2.45, 2.75) is 77.2 Å². The molecule has 0 saturated carbocycles. The molecule has 6 atom stereocenters. The van der Waals surface area contributed by atoms with Crippen LogP contribution < -0.4 is 0 Å². The second kappa shape index (κ2) is 7.67. The molecule has 3 rings (SSSR count). The van der Waals surface area contributed by atoms with E-state index in [0.29, 0.717) is 11.1 Å². The van der Waals surface area contributed by atoms with E-state index in [-0.39, 0.29) is 18.4 Å². The quantitative estimate of drug-likeness (QED) is 0.320. The number of hydrogen-bond acceptors (Lipinski definition) is 8. The predicted molar refractivity (Wildman–Crippen MR) is 105 cm³/mol. The van der Waals surface area contributed by atoms with Crippen molar-refractivity contribution >= 4 is 17.9 Å². The molecule has 0 amide bonds. The van der Waals surface area contributed by atoms with Crippen LogP contribution in [0.1, 0.15) is 47.5 Å². The Bertz CT molecular complexity index is 855. The Labute approximate surface area is 175 Å². The van der Waals surface area contributed by atoms with Gasteiger partial charge in [0.1, 0.15) is 12.2 Å². The summed E-state index contributed by atoms with van der Waals surface area (Å²) in [5, 5.41) is 11.3. The van der Waals surface area contributed by atoms with Crippen LogP contribution in [-0.4, -0.2) is 52.7 Å². The van der Waals surface area contributed by atoms with Gasteiger partial charge in [-0.05, 0) is 39.3 Å². The van der Waals surface area contributed by atoms with Crippen molar-refractivity contribution < 1.29 is 38.4 Å². The summed E-state index contributed by atoms with van der Waals surface area (Å²) >= 11 is 0. The number of allylic oxidation sites excluding steroid dienone is 1. The molecule has 0 spiro atoms. The lowest BCUT2D eigenvalue weighted by molar-refractivity contribution is -0.231. The van der Waals surface area contributed by atoms with Crippen LogP contribution in [0, 0.1) is 5.92 Å². The van der Waals surface area contributed by atoms with Gasteiger partial charge in [0.05, 0.1) is 11.5 Å². The maximum absolute atomic E-state index is 12.5. The van der Waals surface area contributed by atoms with E-state index in [1.165, 1.54) is 6.92 Å². The SMILES string of the molecule is C=C1C(=O)O[C@@H]2/C=C(/C)[C@@]3(O)O[C@](C)(C[C@@H]3OC(C)=O)C[C@@H](OC(=O)/C(C)=C/C)[C@@H]12. The van der Waals surface area contributed by atoms with E-state index in [9.17, 15) is 19.5 Å². The maximum atomic E-state index is 12.5. The van der Waals surface area contributed by atoms with Crippen molar-refractivity contribution in [3.8, 4) is 0 Å². The van der Waals surface area contributed by atoms with Gasteiger partial charge in [0.2, 0.25) is 5.79 Å². The minimum atomic E-state index is -1.89.